The van der Waals surface area contributed by atoms with E-state index in [-0.39, 0.29) is 15.4 Å². The van der Waals surface area contributed by atoms with Gasteiger partial charge in [-0.05, 0) is 62.4 Å². The third kappa shape index (κ3) is 5.81. The molecule has 0 spiro atoms. The Morgan fingerprint density at radius 3 is 2.50 bits per heavy atom. The zero-order valence-electron chi connectivity index (χ0n) is 19.5. The van der Waals surface area contributed by atoms with E-state index in [1.54, 1.807) is 25.1 Å². The van der Waals surface area contributed by atoms with E-state index in [0.717, 1.165) is 47.2 Å². The molecule has 2 N–H and O–H groups in total. The second-order valence-corrected chi connectivity index (χ2v) is 11.7. The monoisotopic (exact) mass is 499 g/mol. The number of aromatic nitrogens is 2. The van der Waals surface area contributed by atoms with Crippen molar-refractivity contribution in [3.05, 3.63) is 65.2 Å². The Bertz CT molecular complexity index is 1250. The maximum absolute atomic E-state index is 12.9. The molecule has 3 aromatic rings. The molecule has 2 aromatic carbocycles. The van der Waals surface area contributed by atoms with Gasteiger partial charge in [-0.25, -0.2) is 13.1 Å². The van der Waals surface area contributed by atoms with Crippen molar-refractivity contribution in [3.8, 4) is 0 Å². The number of hydrogen-bond acceptors (Lipinski definition) is 7. The van der Waals surface area contributed by atoms with Crippen LogP contribution in [0.4, 0.5) is 10.8 Å². The zero-order chi connectivity index (χ0) is 24.3. The molecule has 8 nitrogen and oxygen atoms in total. The predicted molar refractivity (Wildman–Crippen MR) is 135 cm³/mol. The summed E-state index contributed by atoms with van der Waals surface area (Å²) in [4.78, 5) is 14.8. The maximum Gasteiger partial charge on any atom is 0.270 e. The number of piperidine rings is 1. The summed E-state index contributed by atoms with van der Waals surface area (Å²) in [5.41, 5.74) is 3.43. The van der Waals surface area contributed by atoms with Gasteiger partial charge < -0.3 is 4.90 Å². The first-order chi connectivity index (χ1) is 16.2. The minimum Gasteiger partial charge on any atom is -0.372 e. The molecule has 0 unspecified atom stereocenters. The Morgan fingerprint density at radius 2 is 1.82 bits per heavy atom. The summed E-state index contributed by atoms with van der Waals surface area (Å²) in [6.07, 6.45) is 2.38. The highest BCUT2D eigenvalue weighted by Gasteiger charge is 2.24. The molecule has 1 fully saturated rings. The lowest BCUT2D eigenvalue weighted by atomic mass is 9.98. The molecule has 2 heterocycles. The number of carbonyl (C=O) groups is 1. The molecule has 10 heteroatoms. The zero-order valence-corrected chi connectivity index (χ0v) is 21.1. The molecule has 0 bridgehead atoms. The van der Waals surface area contributed by atoms with Crippen LogP contribution in [0.5, 0.6) is 0 Å². The lowest BCUT2D eigenvalue weighted by Crippen LogP contribution is -2.32. The molecule has 1 aliphatic rings. The van der Waals surface area contributed by atoms with Gasteiger partial charge in [-0.3, -0.25) is 10.1 Å². The lowest BCUT2D eigenvalue weighted by Gasteiger charge is -2.32. The molecule has 1 atom stereocenters. The average Bonchev–Trinajstić information content (AvgIpc) is 3.29. The SMILES string of the molecule is Cc1cccc(C(=O)Nc2nnc(S(=O)(=O)N[C@H](C)c3ccc(N4CCC(C)CC4)cc3)s2)c1. The molecule has 1 aliphatic heterocycles. The van der Waals surface area contributed by atoms with Crippen LogP contribution in [0.15, 0.2) is 52.9 Å². The van der Waals surface area contributed by atoms with Crippen molar-refractivity contribution in [1.82, 2.24) is 14.9 Å². The van der Waals surface area contributed by atoms with Crippen LogP contribution < -0.4 is 14.9 Å². The standard InChI is InChI=1S/C24H29N5O3S2/c1-16-11-13-29(14-12-16)21-9-7-19(8-10-21)18(3)28-34(31,32)24-27-26-23(33-24)25-22(30)20-6-4-5-17(2)15-20/h4-10,15-16,18,28H,11-14H2,1-3H3,(H,25,26,30)/t18-/m1/s1. The third-order valence-corrected chi connectivity index (χ3v) is 8.76. The number of carbonyl (C=O) groups excluding carboxylic acids is 1. The number of nitrogens with zero attached hydrogens (tertiary/aromatic N) is 3. The van der Waals surface area contributed by atoms with Gasteiger partial charge in [0.2, 0.25) is 9.47 Å². The number of amides is 1. The third-order valence-electron chi connectivity index (χ3n) is 6.01. The van der Waals surface area contributed by atoms with E-state index in [2.05, 4.69) is 32.1 Å². The van der Waals surface area contributed by atoms with Crippen LogP contribution in [0.25, 0.3) is 0 Å². The first-order valence-electron chi connectivity index (χ1n) is 11.3. The maximum atomic E-state index is 12.9. The van der Waals surface area contributed by atoms with E-state index < -0.39 is 16.1 Å². The van der Waals surface area contributed by atoms with Gasteiger partial charge in [-0.15, -0.1) is 10.2 Å². The predicted octanol–water partition coefficient (Wildman–Crippen LogP) is 4.37. The van der Waals surface area contributed by atoms with Gasteiger partial charge in [0.25, 0.3) is 15.9 Å². The van der Waals surface area contributed by atoms with Crippen LogP contribution in [-0.2, 0) is 10.0 Å². The fourth-order valence-corrected chi connectivity index (χ4v) is 6.06. The van der Waals surface area contributed by atoms with Gasteiger partial charge in [0.1, 0.15) is 0 Å². The first kappa shape index (κ1) is 24.3. The molecule has 1 saturated heterocycles. The summed E-state index contributed by atoms with van der Waals surface area (Å²) in [6, 6.07) is 14.6. The Kier molecular flexibility index (Phi) is 7.30. The lowest BCUT2D eigenvalue weighted by molar-refractivity contribution is 0.102. The second-order valence-electron chi connectivity index (χ2n) is 8.80. The van der Waals surface area contributed by atoms with Crippen LogP contribution in [0.1, 0.15) is 54.2 Å². The number of nitrogens with one attached hydrogen (secondary N) is 2. The number of aryl methyl sites for hydroxylation is 1. The number of benzene rings is 2. The van der Waals surface area contributed by atoms with Crippen LogP contribution in [-0.4, -0.2) is 37.6 Å². The van der Waals surface area contributed by atoms with Crippen molar-refractivity contribution in [2.24, 2.45) is 5.92 Å². The fraction of sp³-hybridized carbons (Fsp3) is 0.375. The Morgan fingerprint density at radius 1 is 1.12 bits per heavy atom. The molecule has 0 radical (unpaired) electrons. The van der Waals surface area contributed by atoms with Gasteiger partial charge in [-0.2, -0.15) is 0 Å². The van der Waals surface area contributed by atoms with Crippen LogP contribution in [0.3, 0.4) is 0 Å². The number of hydrogen-bond donors (Lipinski definition) is 2. The van der Waals surface area contributed by atoms with E-state index in [1.165, 1.54) is 12.8 Å². The van der Waals surface area contributed by atoms with Gasteiger partial charge in [-0.1, -0.05) is 48.1 Å². The summed E-state index contributed by atoms with van der Waals surface area (Å²) in [5, 5.41) is 10.3. The van der Waals surface area contributed by atoms with Crippen LogP contribution in [0, 0.1) is 12.8 Å². The van der Waals surface area contributed by atoms with E-state index in [0.29, 0.717) is 5.56 Å². The molecule has 0 saturated carbocycles. The number of anilines is 2. The summed E-state index contributed by atoms with van der Waals surface area (Å²) in [5.74, 6) is 0.398. The molecule has 1 amide bonds. The summed E-state index contributed by atoms with van der Waals surface area (Å²) >= 11 is 0.814. The normalized spacial score (nSPS) is 15.8. The van der Waals surface area contributed by atoms with Crippen molar-refractivity contribution < 1.29 is 13.2 Å². The average molecular weight is 500 g/mol. The van der Waals surface area contributed by atoms with Crippen molar-refractivity contribution in [2.45, 2.75) is 44.0 Å². The highest BCUT2D eigenvalue weighted by Crippen LogP contribution is 2.26. The molecule has 1 aromatic heterocycles. The first-order valence-corrected chi connectivity index (χ1v) is 13.6. The summed E-state index contributed by atoms with van der Waals surface area (Å²) < 4.78 is 28.2. The smallest absolute Gasteiger partial charge is 0.270 e. The quantitative estimate of drug-likeness (QED) is 0.468. The Hall–Kier alpha value is -2.82. The topological polar surface area (TPSA) is 104 Å². The van der Waals surface area contributed by atoms with E-state index in [9.17, 15) is 13.2 Å². The largest absolute Gasteiger partial charge is 0.372 e. The minimum atomic E-state index is -3.90. The summed E-state index contributed by atoms with van der Waals surface area (Å²) in [6.45, 7) is 8.05. The molecular formula is C24H29N5O3S2. The van der Waals surface area contributed by atoms with Gasteiger partial charge in [0.15, 0.2) is 0 Å². The van der Waals surface area contributed by atoms with Crippen molar-refractivity contribution in [3.63, 3.8) is 0 Å². The number of rotatable bonds is 7. The fourth-order valence-electron chi connectivity index (χ4n) is 3.92. The Balaban J connectivity index is 1.39. The van der Waals surface area contributed by atoms with Gasteiger partial charge in [0, 0.05) is 30.4 Å². The van der Waals surface area contributed by atoms with E-state index in [1.807, 2.05) is 37.3 Å². The molecular weight excluding hydrogens is 470 g/mol. The molecule has 180 valence electrons. The highest BCUT2D eigenvalue weighted by atomic mass is 32.2. The Labute approximate surface area is 204 Å². The minimum absolute atomic E-state index is 0.125. The summed E-state index contributed by atoms with van der Waals surface area (Å²) in [7, 11) is -3.90. The van der Waals surface area contributed by atoms with Gasteiger partial charge in [0.05, 0.1) is 0 Å². The highest BCUT2D eigenvalue weighted by molar-refractivity contribution is 7.91. The van der Waals surface area contributed by atoms with E-state index in [4.69, 9.17) is 0 Å². The van der Waals surface area contributed by atoms with Gasteiger partial charge >= 0.3 is 0 Å². The van der Waals surface area contributed by atoms with Crippen molar-refractivity contribution in [2.75, 3.05) is 23.3 Å². The van der Waals surface area contributed by atoms with E-state index >= 15 is 0 Å². The van der Waals surface area contributed by atoms with Crippen molar-refractivity contribution in [1.29, 1.82) is 0 Å². The second kappa shape index (κ2) is 10.2. The van der Waals surface area contributed by atoms with Crippen LogP contribution >= 0.6 is 11.3 Å². The van der Waals surface area contributed by atoms with Crippen molar-refractivity contribution >= 4 is 38.1 Å². The number of sulfonamides is 1. The molecule has 4 rings (SSSR count). The van der Waals surface area contributed by atoms with Crippen LogP contribution in [0.2, 0.25) is 0 Å². The molecule has 34 heavy (non-hydrogen) atoms. The molecule has 0 aliphatic carbocycles.